The van der Waals surface area contributed by atoms with E-state index in [1.807, 2.05) is 13.8 Å². The van der Waals surface area contributed by atoms with E-state index in [1.54, 1.807) is 0 Å². The fourth-order valence-corrected chi connectivity index (χ4v) is 3.82. The fourth-order valence-electron chi connectivity index (χ4n) is 3.82. The minimum Gasteiger partial charge on any atom is -0.297 e. The Morgan fingerprint density at radius 1 is 1.27 bits per heavy atom. The molecule has 15 heavy (non-hydrogen) atoms. The average Bonchev–Trinajstić information content (AvgIpc) is 2.66. The normalized spacial score (nSPS) is 38.4. The minimum atomic E-state index is 0.548. The van der Waals surface area contributed by atoms with Crippen LogP contribution in [0.25, 0.3) is 0 Å². The summed E-state index contributed by atoms with van der Waals surface area (Å²) in [4.78, 5) is 2.76. The van der Waals surface area contributed by atoms with Crippen LogP contribution in [0, 0.1) is 11.3 Å². The van der Waals surface area contributed by atoms with Crippen molar-refractivity contribution >= 4 is 0 Å². The summed E-state index contributed by atoms with van der Waals surface area (Å²) in [5, 5.41) is 0. The molecule has 2 aliphatic heterocycles. The quantitative estimate of drug-likeness (QED) is 0.635. The maximum atomic E-state index is 2.76. The first-order valence-corrected chi connectivity index (χ1v) is 6.77. The van der Waals surface area contributed by atoms with E-state index in [2.05, 4.69) is 32.6 Å². The summed E-state index contributed by atoms with van der Waals surface area (Å²) in [5.74, 6) is 0.916. The Balaban J connectivity index is 0.000000531. The maximum Gasteiger partial charge on any atom is 0.0261 e. The van der Waals surface area contributed by atoms with Gasteiger partial charge in [0, 0.05) is 12.1 Å². The molecule has 0 radical (unpaired) electrons. The molecule has 0 saturated carbocycles. The van der Waals surface area contributed by atoms with Gasteiger partial charge in [-0.3, -0.25) is 4.90 Å². The molecule has 0 unspecified atom stereocenters. The lowest BCUT2D eigenvalue weighted by Gasteiger charge is -2.42. The largest absolute Gasteiger partial charge is 0.297 e. The molecule has 0 spiro atoms. The van der Waals surface area contributed by atoms with Gasteiger partial charge in [-0.1, -0.05) is 41.5 Å². The van der Waals surface area contributed by atoms with Gasteiger partial charge in [0.05, 0.1) is 0 Å². The minimum absolute atomic E-state index is 0.548. The van der Waals surface area contributed by atoms with Crippen molar-refractivity contribution in [3.8, 4) is 0 Å². The Morgan fingerprint density at radius 2 is 1.87 bits per heavy atom. The number of hydrogen-bond donors (Lipinski definition) is 0. The maximum absolute atomic E-state index is 2.76. The third-order valence-electron chi connectivity index (χ3n) is 4.67. The van der Waals surface area contributed by atoms with E-state index in [4.69, 9.17) is 0 Å². The molecule has 0 amide bonds. The zero-order chi connectivity index (χ0) is 11.7. The summed E-state index contributed by atoms with van der Waals surface area (Å²) in [5.41, 5.74) is 1.10. The molecule has 1 heteroatoms. The molecule has 0 N–H and O–H groups in total. The third-order valence-corrected chi connectivity index (χ3v) is 4.67. The van der Waals surface area contributed by atoms with Crippen molar-refractivity contribution in [3.05, 3.63) is 0 Å². The molecule has 90 valence electrons. The average molecular weight is 211 g/mol. The van der Waals surface area contributed by atoms with E-state index in [0.717, 1.165) is 5.92 Å². The zero-order valence-electron chi connectivity index (χ0n) is 11.6. The van der Waals surface area contributed by atoms with Crippen molar-refractivity contribution in [3.63, 3.8) is 0 Å². The zero-order valence-corrected chi connectivity index (χ0v) is 11.6. The lowest BCUT2D eigenvalue weighted by molar-refractivity contribution is 0.0894. The van der Waals surface area contributed by atoms with E-state index in [9.17, 15) is 0 Å². The summed E-state index contributed by atoms with van der Waals surface area (Å²) in [6.45, 7) is 16.4. The molecule has 0 bridgehead atoms. The van der Waals surface area contributed by atoms with Crippen LogP contribution in [-0.2, 0) is 0 Å². The fraction of sp³-hybridized carbons (Fsp3) is 1.00. The Kier molecular flexibility index (Phi) is 3.86. The van der Waals surface area contributed by atoms with Crippen LogP contribution in [-0.4, -0.2) is 23.5 Å². The van der Waals surface area contributed by atoms with Crippen LogP contribution in [0.5, 0.6) is 0 Å². The van der Waals surface area contributed by atoms with E-state index >= 15 is 0 Å². The topological polar surface area (TPSA) is 3.24 Å². The molecule has 0 aliphatic carbocycles. The highest BCUT2D eigenvalue weighted by Gasteiger charge is 2.56. The van der Waals surface area contributed by atoms with Crippen molar-refractivity contribution in [2.75, 3.05) is 13.1 Å². The molecule has 0 aromatic heterocycles. The van der Waals surface area contributed by atoms with Crippen molar-refractivity contribution in [1.82, 2.24) is 4.90 Å². The van der Waals surface area contributed by atoms with Gasteiger partial charge in [0.2, 0.25) is 0 Å². The molecule has 1 nitrogen and oxygen atoms in total. The van der Waals surface area contributed by atoms with Crippen molar-refractivity contribution in [1.29, 1.82) is 0 Å². The summed E-state index contributed by atoms with van der Waals surface area (Å²) >= 11 is 0. The molecular formula is C14H29N. The van der Waals surface area contributed by atoms with Crippen LogP contribution in [0.1, 0.15) is 60.8 Å². The Hall–Kier alpha value is -0.0400. The van der Waals surface area contributed by atoms with Crippen molar-refractivity contribution < 1.29 is 0 Å². The summed E-state index contributed by atoms with van der Waals surface area (Å²) in [7, 11) is 0. The van der Waals surface area contributed by atoms with Gasteiger partial charge >= 0.3 is 0 Å². The number of fused-ring (bicyclic) bond motifs is 1. The molecule has 2 heterocycles. The van der Waals surface area contributed by atoms with Crippen LogP contribution in [0.3, 0.4) is 0 Å². The Bertz CT molecular complexity index is 209. The van der Waals surface area contributed by atoms with Gasteiger partial charge in [0.1, 0.15) is 0 Å². The Labute approximate surface area is 96.2 Å². The SMILES string of the molecule is CC.CC[C@]12C[C@@H](C)CN1CCC2(C)C. The van der Waals surface area contributed by atoms with Gasteiger partial charge in [-0.2, -0.15) is 0 Å². The second-order valence-corrected chi connectivity index (χ2v) is 5.77. The van der Waals surface area contributed by atoms with Crippen molar-refractivity contribution in [2.45, 2.75) is 66.3 Å². The van der Waals surface area contributed by atoms with Crippen LogP contribution < -0.4 is 0 Å². The monoisotopic (exact) mass is 211 g/mol. The lowest BCUT2D eigenvalue weighted by atomic mass is 9.69. The smallest absolute Gasteiger partial charge is 0.0261 e. The highest BCUT2D eigenvalue weighted by atomic mass is 15.3. The first-order valence-electron chi connectivity index (χ1n) is 6.77. The second-order valence-electron chi connectivity index (χ2n) is 5.77. The highest BCUT2D eigenvalue weighted by Crippen LogP contribution is 2.54. The van der Waals surface area contributed by atoms with E-state index in [1.165, 1.54) is 32.4 Å². The van der Waals surface area contributed by atoms with E-state index in [-0.39, 0.29) is 0 Å². The van der Waals surface area contributed by atoms with Crippen molar-refractivity contribution in [2.24, 2.45) is 11.3 Å². The van der Waals surface area contributed by atoms with Gasteiger partial charge in [-0.25, -0.2) is 0 Å². The number of rotatable bonds is 1. The molecule has 2 aliphatic rings. The third kappa shape index (κ3) is 1.84. The van der Waals surface area contributed by atoms with E-state index < -0.39 is 0 Å². The number of hydrogen-bond acceptors (Lipinski definition) is 1. The Morgan fingerprint density at radius 3 is 2.33 bits per heavy atom. The van der Waals surface area contributed by atoms with Gasteiger partial charge in [-0.15, -0.1) is 0 Å². The summed E-state index contributed by atoms with van der Waals surface area (Å²) in [6, 6.07) is 0. The van der Waals surface area contributed by atoms with Gasteiger partial charge in [-0.05, 0) is 37.1 Å². The summed E-state index contributed by atoms with van der Waals surface area (Å²) in [6.07, 6.45) is 4.16. The molecule has 2 atom stereocenters. The highest BCUT2D eigenvalue weighted by molar-refractivity contribution is 5.10. The molecular weight excluding hydrogens is 182 g/mol. The van der Waals surface area contributed by atoms with E-state index in [0.29, 0.717) is 11.0 Å². The van der Waals surface area contributed by atoms with Gasteiger partial charge in [0.15, 0.2) is 0 Å². The van der Waals surface area contributed by atoms with Crippen LogP contribution in [0.4, 0.5) is 0 Å². The summed E-state index contributed by atoms with van der Waals surface area (Å²) < 4.78 is 0. The van der Waals surface area contributed by atoms with Crippen LogP contribution in [0.15, 0.2) is 0 Å². The molecule has 2 saturated heterocycles. The predicted molar refractivity (Wildman–Crippen MR) is 68.1 cm³/mol. The molecule has 2 fully saturated rings. The second kappa shape index (κ2) is 4.45. The standard InChI is InChI=1S/C12H23N.C2H6/c1-5-12-8-10(2)9-13(12)7-6-11(12,3)4;1-2/h10H,5-9H2,1-4H3;1-2H3/t10-,12-;/m1./s1. The first kappa shape index (κ1) is 13.0. The molecule has 0 aromatic rings. The number of nitrogens with zero attached hydrogens (tertiary/aromatic N) is 1. The van der Waals surface area contributed by atoms with Gasteiger partial charge < -0.3 is 0 Å². The van der Waals surface area contributed by atoms with Gasteiger partial charge in [0.25, 0.3) is 0 Å². The van der Waals surface area contributed by atoms with Crippen LogP contribution >= 0.6 is 0 Å². The van der Waals surface area contributed by atoms with Crippen LogP contribution in [0.2, 0.25) is 0 Å². The predicted octanol–water partition coefficient (Wildman–Crippen LogP) is 3.93. The lowest BCUT2D eigenvalue weighted by Crippen LogP contribution is -2.46. The molecule has 0 aromatic carbocycles. The first-order chi connectivity index (χ1) is 7.02. The molecule has 2 rings (SSSR count).